The molecule has 1 saturated heterocycles. The molecule has 1 aliphatic rings. The second kappa shape index (κ2) is 7.56. The van der Waals surface area contributed by atoms with E-state index in [2.05, 4.69) is 5.32 Å². The Bertz CT molecular complexity index is 108. The maximum absolute atomic E-state index is 5.10. The van der Waals surface area contributed by atoms with Crippen LogP contribution >= 0.6 is 12.4 Å². The Morgan fingerprint density at radius 1 is 1.08 bits per heavy atom. The molecule has 0 aromatic carbocycles. The van der Waals surface area contributed by atoms with E-state index >= 15 is 0 Å². The van der Waals surface area contributed by atoms with Crippen LogP contribution in [0.5, 0.6) is 0 Å². The molecule has 0 aromatic heterocycles. The fourth-order valence-corrected chi connectivity index (χ4v) is 1.78. The van der Waals surface area contributed by atoms with Gasteiger partial charge in [-0.3, -0.25) is 0 Å². The van der Waals surface area contributed by atoms with Gasteiger partial charge in [0.2, 0.25) is 0 Å². The minimum absolute atomic E-state index is 0. The van der Waals surface area contributed by atoms with Gasteiger partial charge in [-0.1, -0.05) is 6.42 Å². The monoisotopic (exact) mass is 209 g/mol. The third-order valence-electron chi connectivity index (χ3n) is 2.31. The van der Waals surface area contributed by atoms with Crippen molar-refractivity contribution in [3.05, 3.63) is 0 Å². The molecule has 0 unspecified atom stereocenters. The molecule has 0 radical (unpaired) electrons. The summed E-state index contributed by atoms with van der Waals surface area (Å²) in [4.78, 5) is 0. The quantitative estimate of drug-likeness (QED) is 0.755. The van der Waals surface area contributed by atoms with Gasteiger partial charge < -0.3 is 14.8 Å². The van der Waals surface area contributed by atoms with Crippen molar-refractivity contribution in [3.8, 4) is 0 Å². The standard InChI is InChI=1S/C9H19NO2.ClH/c1-11-6-8-4-3-5-9(10-8)7-12-2;/h8-10H,3-7H2,1-2H3;1H/t8-,9+;. The van der Waals surface area contributed by atoms with Crippen LogP contribution in [0.4, 0.5) is 0 Å². The van der Waals surface area contributed by atoms with Crippen LogP contribution in [-0.2, 0) is 9.47 Å². The number of rotatable bonds is 4. The molecule has 1 heterocycles. The van der Waals surface area contributed by atoms with Gasteiger partial charge in [-0.2, -0.15) is 0 Å². The highest BCUT2D eigenvalue weighted by Gasteiger charge is 2.19. The van der Waals surface area contributed by atoms with E-state index in [9.17, 15) is 0 Å². The Morgan fingerprint density at radius 2 is 1.54 bits per heavy atom. The number of hydrogen-bond donors (Lipinski definition) is 1. The van der Waals surface area contributed by atoms with Crippen LogP contribution in [0.25, 0.3) is 0 Å². The topological polar surface area (TPSA) is 30.5 Å². The van der Waals surface area contributed by atoms with E-state index in [1.807, 2.05) is 0 Å². The highest BCUT2D eigenvalue weighted by atomic mass is 35.5. The van der Waals surface area contributed by atoms with Crippen LogP contribution in [-0.4, -0.2) is 39.5 Å². The van der Waals surface area contributed by atoms with E-state index in [1.165, 1.54) is 19.3 Å². The van der Waals surface area contributed by atoms with Gasteiger partial charge in [-0.25, -0.2) is 0 Å². The predicted molar refractivity (Wildman–Crippen MR) is 55.6 cm³/mol. The van der Waals surface area contributed by atoms with E-state index in [1.54, 1.807) is 14.2 Å². The number of nitrogens with one attached hydrogen (secondary N) is 1. The second-order valence-electron chi connectivity index (χ2n) is 3.40. The lowest BCUT2D eigenvalue weighted by Crippen LogP contribution is -2.46. The van der Waals surface area contributed by atoms with Crippen molar-refractivity contribution in [2.24, 2.45) is 0 Å². The molecule has 4 heteroatoms. The molecule has 80 valence electrons. The maximum atomic E-state index is 5.10. The van der Waals surface area contributed by atoms with E-state index in [-0.39, 0.29) is 12.4 Å². The average Bonchev–Trinajstić information content (AvgIpc) is 2.06. The summed E-state index contributed by atoms with van der Waals surface area (Å²) in [5, 5.41) is 3.51. The fourth-order valence-electron chi connectivity index (χ4n) is 1.78. The summed E-state index contributed by atoms with van der Waals surface area (Å²) >= 11 is 0. The zero-order valence-corrected chi connectivity index (χ0v) is 9.23. The first kappa shape index (κ1) is 13.2. The van der Waals surface area contributed by atoms with Crippen molar-refractivity contribution in [1.29, 1.82) is 0 Å². The van der Waals surface area contributed by atoms with Crippen molar-refractivity contribution in [2.75, 3.05) is 27.4 Å². The Kier molecular flexibility index (Phi) is 7.66. The summed E-state index contributed by atoms with van der Waals surface area (Å²) in [7, 11) is 3.50. The largest absolute Gasteiger partial charge is 0.383 e. The number of hydrogen-bond acceptors (Lipinski definition) is 3. The lowest BCUT2D eigenvalue weighted by atomic mass is 9.99. The van der Waals surface area contributed by atoms with Crippen molar-refractivity contribution >= 4 is 12.4 Å². The Hall–Kier alpha value is 0.170. The highest BCUT2D eigenvalue weighted by Crippen LogP contribution is 2.12. The van der Waals surface area contributed by atoms with Crippen molar-refractivity contribution < 1.29 is 9.47 Å². The summed E-state index contributed by atoms with van der Waals surface area (Å²) in [5.41, 5.74) is 0. The third-order valence-corrected chi connectivity index (χ3v) is 2.31. The molecule has 1 rings (SSSR count). The van der Waals surface area contributed by atoms with Crippen molar-refractivity contribution in [3.63, 3.8) is 0 Å². The number of ether oxygens (including phenoxy) is 2. The molecule has 1 fully saturated rings. The summed E-state index contributed by atoms with van der Waals surface area (Å²) in [5.74, 6) is 0. The Balaban J connectivity index is 0.00000144. The van der Waals surface area contributed by atoms with Crippen molar-refractivity contribution in [2.45, 2.75) is 31.3 Å². The lowest BCUT2D eigenvalue weighted by Gasteiger charge is -2.30. The first-order valence-corrected chi connectivity index (χ1v) is 4.60. The molecule has 0 aromatic rings. The first-order chi connectivity index (χ1) is 5.86. The molecular weight excluding hydrogens is 190 g/mol. The molecule has 1 N–H and O–H groups in total. The summed E-state index contributed by atoms with van der Waals surface area (Å²) in [6.07, 6.45) is 3.75. The zero-order valence-electron chi connectivity index (χ0n) is 8.41. The number of piperidine rings is 1. The summed E-state index contributed by atoms with van der Waals surface area (Å²) in [6.45, 7) is 1.64. The van der Waals surface area contributed by atoms with Crippen LogP contribution in [0.2, 0.25) is 0 Å². The van der Waals surface area contributed by atoms with Gasteiger partial charge in [0.1, 0.15) is 0 Å². The maximum Gasteiger partial charge on any atom is 0.0615 e. The third kappa shape index (κ3) is 4.81. The molecule has 0 aliphatic carbocycles. The minimum atomic E-state index is 0. The van der Waals surface area contributed by atoms with Gasteiger partial charge in [0, 0.05) is 26.3 Å². The van der Waals surface area contributed by atoms with Crippen LogP contribution < -0.4 is 5.32 Å². The first-order valence-electron chi connectivity index (χ1n) is 4.60. The zero-order chi connectivity index (χ0) is 8.81. The molecule has 0 spiro atoms. The van der Waals surface area contributed by atoms with Gasteiger partial charge in [-0.05, 0) is 12.8 Å². The fraction of sp³-hybridized carbons (Fsp3) is 1.00. The predicted octanol–water partition coefficient (Wildman–Crippen LogP) is 1.21. The van der Waals surface area contributed by atoms with E-state index < -0.39 is 0 Å². The van der Waals surface area contributed by atoms with Gasteiger partial charge in [0.25, 0.3) is 0 Å². The second-order valence-corrected chi connectivity index (χ2v) is 3.40. The van der Waals surface area contributed by atoms with Crippen molar-refractivity contribution in [1.82, 2.24) is 5.32 Å². The van der Waals surface area contributed by atoms with Gasteiger partial charge >= 0.3 is 0 Å². The molecular formula is C9H20ClNO2. The van der Waals surface area contributed by atoms with Gasteiger partial charge in [0.15, 0.2) is 0 Å². The molecule has 1 aliphatic heterocycles. The molecule has 0 bridgehead atoms. The van der Waals surface area contributed by atoms with Crippen LogP contribution in [0.3, 0.4) is 0 Å². The van der Waals surface area contributed by atoms with Crippen LogP contribution in [0.1, 0.15) is 19.3 Å². The minimum Gasteiger partial charge on any atom is -0.383 e. The molecule has 3 nitrogen and oxygen atoms in total. The van der Waals surface area contributed by atoms with E-state index in [0.29, 0.717) is 12.1 Å². The molecule has 13 heavy (non-hydrogen) atoms. The lowest BCUT2D eigenvalue weighted by molar-refractivity contribution is 0.107. The van der Waals surface area contributed by atoms with Crippen LogP contribution in [0.15, 0.2) is 0 Å². The summed E-state index contributed by atoms with van der Waals surface area (Å²) in [6, 6.07) is 1.06. The molecule has 0 amide bonds. The van der Waals surface area contributed by atoms with E-state index in [4.69, 9.17) is 9.47 Å². The van der Waals surface area contributed by atoms with Crippen LogP contribution in [0, 0.1) is 0 Å². The number of methoxy groups -OCH3 is 2. The van der Waals surface area contributed by atoms with Gasteiger partial charge in [0.05, 0.1) is 13.2 Å². The highest BCUT2D eigenvalue weighted by molar-refractivity contribution is 5.85. The molecule has 2 atom stereocenters. The number of halogens is 1. The summed E-state index contributed by atoms with van der Waals surface area (Å²) < 4.78 is 10.2. The average molecular weight is 210 g/mol. The van der Waals surface area contributed by atoms with Gasteiger partial charge in [-0.15, -0.1) is 12.4 Å². The molecule has 0 saturated carbocycles. The SMILES string of the molecule is COC[C@H]1CCC[C@@H](COC)N1.Cl. The smallest absolute Gasteiger partial charge is 0.0615 e. The normalized spacial score (nSPS) is 28.2. The Morgan fingerprint density at radius 3 is 1.92 bits per heavy atom. The Labute approximate surface area is 86.6 Å². The van der Waals surface area contributed by atoms with E-state index in [0.717, 1.165) is 13.2 Å².